The first-order chi connectivity index (χ1) is 7.06. The molecule has 0 aromatic heterocycles. The van der Waals surface area contributed by atoms with Crippen LogP contribution in [-0.2, 0) is 6.42 Å². The summed E-state index contributed by atoms with van der Waals surface area (Å²) in [5.74, 6) is 0. The molecule has 1 aromatic carbocycles. The van der Waals surface area contributed by atoms with Crippen LogP contribution in [0.25, 0.3) is 5.70 Å². The first-order valence-corrected chi connectivity index (χ1v) is 9.13. The quantitative estimate of drug-likeness (QED) is 0.749. The second-order valence-electron chi connectivity index (χ2n) is 5.19. The first kappa shape index (κ1) is 10.5. The lowest BCUT2D eigenvalue weighted by Crippen LogP contribution is -2.40. The molecule has 0 spiro atoms. The van der Waals surface area contributed by atoms with Gasteiger partial charge in [0.1, 0.15) is 8.24 Å². The van der Waals surface area contributed by atoms with Crippen LogP contribution in [0.3, 0.4) is 0 Å². The van der Waals surface area contributed by atoms with Gasteiger partial charge in [-0.1, -0.05) is 50.0 Å². The fourth-order valence-corrected chi connectivity index (χ4v) is 3.05. The highest BCUT2D eigenvalue weighted by Gasteiger charge is 2.18. The average Bonchev–Trinajstić information content (AvgIpc) is 2.16. The van der Waals surface area contributed by atoms with E-state index in [1.807, 2.05) is 0 Å². The van der Waals surface area contributed by atoms with Crippen LogP contribution in [0.2, 0.25) is 19.6 Å². The minimum atomic E-state index is -1.23. The molecule has 0 aliphatic heterocycles. The third-order valence-electron chi connectivity index (χ3n) is 2.58. The highest BCUT2D eigenvalue weighted by molar-refractivity contribution is 6.74. The number of fused-ring (bicyclic) bond motifs is 1. The lowest BCUT2D eigenvalue weighted by molar-refractivity contribution is 0.963. The van der Waals surface area contributed by atoms with Crippen LogP contribution in [0, 0.1) is 0 Å². The Labute approximate surface area is 93.3 Å². The van der Waals surface area contributed by atoms with Gasteiger partial charge in [0.15, 0.2) is 0 Å². The van der Waals surface area contributed by atoms with Crippen molar-refractivity contribution in [1.29, 1.82) is 0 Å². The SMILES string of the molecule is C[Si](C)(C)NC1=CCCc2ccccc21. The molecule has 1 aliphatic rings. The van der Waals surface area contributed by atoms with E-state index in [0.717, 1.165) is 0 Å². The molecule has 1 nitrogen and oxygen atoms in total. The molecule has 0 radical (unpaired) electrons. The number of hydrogen-bond acceptors (Lipinski definition) is 1. The van der Waals surface area contributed by atoms with E-state index in [1.165, 1.54) is 29.7 Å². The Kier molecular flexibility index (Phi) is 2.70. The summed E-state index contributed by atoms with van der Waals surface area (Å²) in [6, 6.07) is 8.74. The van der Waals surface area contributed by atoms with E-state index in [1.54, 1.807) is 0 Å². The normalized spacial score (nSPS) is 15.5. The van der Waals surface area contributed by atoms with Gasteiger partial charge in [0.25, 0.3) is 0 Å². The molecular formula is C13H19NSi. The zero-order valence-corrected chi connectivity index (χ0v) is 10.8. The van der Waals surface area contributed by atoms with Crippen molar-refractivity contribution in [1.82, 2.24) is 4.98 Å². The van der Waals surface area contributed by atoms with Crippen molar-refractivity contribution in [3.05, 3.63) is 41.5 Å². The zero-order valence-electron chi connectivity index (χ0n) is 9.80. The molecule has 15 heavy (non-hydrogen) atoms. The number of benzene rings is 1. The smallest absolute Gasteiger partial charge is 0.144 e. The van der Waals surface area contributed by atoms with Crippen molar-refractivity contribution in [2.45, 2.75) is 32.5 Å². The van der Waals surface area contributed by atoms with E-state index < -0.39 is 8.24 Å². The van der Waals surface area contributed by atoms with Gasteiger partial charge in [-0.3, -0.25) is 0 Å². The lowest BCUT2D eigenvalue weighted by atomic mass is 9.95. The molecule has 1 aromatic rings. The van der Waals surface area contributed by atoms with E-state index in [0.29, 0.717) is 0 Å². The van der Waals surface area contributed by atoms with Crippen molar-refractivity contribution in [3.63, 3.8) is 0 Å². The first-order valence-electron chi connectivity index (χ1n) is 5.63. The highest BCUT2D eigenvalue weighted by Crippen LogP contribution is 2.25. The maximum Gasteiger partial charge on any atom is 0.144 e. The van der Waals surface area contributed by atoms with Crippen molar-refractivity contribution < 1.29 is 0 Å². The van der Waals surface area contributed by atoms with Crippen LogP contribution in [0.4, 0.5) is 0 Å². The predicted molar refractivity (Wildman–Crippen MR) is 69.2 cm³/mol. The van der Waals surface area contributed by atoms with Gasteiger partial charge < -0.3 is 4.98 Å². The molecule has 0 unspecified atom stereocenters. The standard InChI is InChI=1S/C13H19NSi/c1-15(2,3)14-13-10-6-8-11-7-4-5-9-12(11)13/h4-5,7,9-10,14H,6,8H2,1-3H3. The van der Waals surface area contributed by atoms with Crippen molar-refractivity contribution in [2.75, 3.05) is 0 Å². The van der Waals surface area contributed by atoms with Crippen molar-refractivity contribution in [3.8, 4) is 0 Å². The van der Waals surface area contributed by atoms with Gasteiger partial charge in [-0.05, 0) is 24.0 Å². The number of allylic oxidation sites excluding steroid dienone is 1. The van der Waals surface area contributed by atoms with Crippen molar-refractivity contribution in [2.24, 2.45) is 0 Å². The minimum absolute atomic E-state index is 1.17. The van der Waals surface area contributed by atoms with Gasteiger partial charge in [0.2, 0.25) is 0 Å². The maximum atomic E-state index is 3.71. The number of nitrogens with one attached hydrogen (secondary N) is 1. The molecule has 80 valence electrons. The van der Waals surface area contributed by atoms with Gasteiger partial charge in [0.05, 0.1) is 0 Å². The lowest BCUT2D eigenvalue weighted by Gasteiger charge is -2.26. The fourth-order valence-electron chi connectivity index (χ4n) is 2.01. The Balaban J connectivity index is 2.31. The summed E-state index contributed by atoms with van der Waals surface area (Å²) >= 11 is 0. The molecular weight excluding hydrogens is 198 g/mol. The molecule has 0 fully saturated rings. The summed E-state index contributed by atoms with van der Waals surface area (Å²) in [5.41, 5.74) is 4.25. The highest BCUT2D eigenvalue weighted by atomic mass is 28.3. The monoisotopic (exact) mass is 217 g/mol. The maximum absolute atomic E-state index is 3.71. The molecule has 2 heteroatoms. The van der Waals surface area contributed by atoms with Crippen LogP contribution >= 0.6 is 0 Å². The third-order valence-corrected chi connectivity index (χ3v) is 3.60. The van der Waals surface area contributed by atoms with E-state index in [-0.39, 0.29) is 0 Å². The number of hydrogen-bond donors (Lipinski definition) is 1. The summed E-state index contributed by atoms with van der Waals surface area (Å²) in [6.45, 7) is 7.02. The molecule has 1 aliphatic carbocycles. The van der Waals surface area contributed by atoms with Gasteiger partial charge >= 0.3 is 0 Å². The van der Waals surface area contributed by atoms with Gasteiger partial charge in [-0.15, -0.1) is 0 Å². The molecule has 0 saturated heterocycles. The van der Waals surface area contributed by atoms with Crippen LogP contribution in [-0.4, -0.2) is 8.24 Å². The molecule has 1 N–H and O–H groups in total. The largest absolute Gasteiger partial charge is 0.411 e. The number of aryl methyl sites for hydroxylation is 1. The Bertz CT molecular complexity index is 388. The van der Waals surface area contributed by atoms with Gasteiger partial charge in [-0.25, -0.2) is 0 Å². The van der Waals surface area contributed by atoms with E-state index in [2.05, 4.69) is 55.0 Å². The predicted octanol–water partition coefficient (Wildman–Crippen LogP) is 3.40. The summed E-state index contributed by atoms with van der Waals surface area (Å²) in [7, 11) is -1.23. The molecule has 2 rings (SSSR count). The van der Waals surface area contributed by atoms with Crippen LogP contribution in [0.15, 0.2) is 30.3 Å². The van der Waals surface area contributed by atoms with Gasteiger partial charge in [-0.2, -0.15) is 0 Å². The van der Waals surface area contributed by atoms with Crippen molar-refractivity contribution >= 4 is 13.9 Å². The van der Waals surface area contributed by atoms with E-state index in [9.17, 15) is 0 Å². The second kappa shape index (κ2) is 3.85. The second-order valence-corrected chi connectivity index (χ2v) is 9.94. The summed E-state index contributed by atoms with van der Waals surface area (Å²) in [4.78, 5) is 3.71. The average molecular weight is 217 g/mol. The van der Waals surface area contributed by atoms with Crippen LogP contribution < -0.4 is 4.98 Å². The molecule has 0 heterocycles. The third kappa shape index (κ3) is 2.51. The zero-order chi connectivity index (χ0) is 10.9. The van der Waals surface area contributed by atoms with Crippen LogP contribution in [0.1, 0.15) is 17.5 Å². The Morgan fingerprint density at radius 3 is 2.60 bits per heavy atom. The topological polar surface area (TPSA) is 12.0 Å². The number of rotatable bonds is 2. The summed E-state index contributed by atoms with van der Waals surface area (Å²) < 4.78 is 0. The van der Waals surface area contributed by atoms with Crippen LogP contribution in [0.5, 0.6) is 0 Å². The Morgan fingerprint density at radius 1 is 1.13 bits per heavy atom. The van der Waals surface area contributed by atoms with Gasteiger partial charge in [0, 0.05) is 5.70 Å². The molecule has 0 atom stereocenters. The van der Waals surface area contributed by atoms with E-state index in [4.69, 9.17) is 0 Å². The summed E-state index contributed by atoms with van der Waals surface area (Å²) in [5, 5.41) is 0. The molecule has 0 bridgehead atoms. The van der Waals surface area contributed by atoms with E-state index >= 15 is 0 Å². The summed E-state index contributed by atoms with van der Waals surface area (Å²) in [6.07, 6.45) is 4.71. The Morgan fingerprint density at radius 2 is 1.87 bits per heavy atom. The molecule has 0 amide bonds. The Hall–Kier alpha value is -1.02. The minimum Gasteiger partial charge on any atom is -0.411 e. The molecule has 0 saturated carbocycles. The fraction of sp³-hybridized carbons (Fsp3) is 0.385.